The fourth-order valence-electron chi connectivity index (χ4n) is 4.09. The fraction of sp³-hybridized carbons (Fsp3) is 0.292. The van der Waals surface area contributed by atoms with Gasteiger partial charge in [0, 0.05) is 18.8 Å². The lowest BCUT2D eigenvalue weighted by Crippen LogP contribution is -2.51. The van der Waals surface area contributed by atoms with E-state index < -0.39 is 23.8 Å². The van der Waals surface area contributed by atoms with Crippen LogP contribution in [-0.4, -0.2) is 43.1 Å². The zero-order valence-electron chi connectivity index (χ0n) is 18.2. The molecule has 1 fully saturated rings. The van der Waals surface area contributed by atoms with Crippen LogP contribution >= 0.6 is 0 Å². The van der Waals surface area contributed by atoms with Gasteiger partial charge in [-0.1, -0.05) is 18.2 Å². The molecule has 1 unspecified atom stereocenters. The van der Waals surface area contributed by atoms with Gasteiger partial charge in [0.2, 0.25) is 0 Å². The highest BCUT2D eigenvalue weighted by Crippen LogP contribution is 2.37. The first-order valence-corrected chi connectivity index (χ1v) is 10.6. The highest BCUT2D eigenvalue weighted by atomic mass is 19.4. The summed E-state index contributed by atoms with van der Waals surface area (Å²) in [7, 11) is 0. The number of ether oxygens (including phenoxy) is 1. The summed E-state index contributed by atoms with van der Waals surface area (Å²) in [6.45, 7) is 2.98. The van der Waals surface area contributed by atoms with Crippen LogP contribution in [0.3, 0.4) is 0 Å². The van der Waals surface area contributed by atoms with Gasteiger partial charge in [-0.3, -0.25) is 9.69 Å². The molecule has 2 aromatic rings. The van der Waals surface area contributed by atoms with Gasteiger partial charge >= 0.3 is 12.2 Å². The van der Waals surface area contributed by atoms with Crippen molar-refractivity contribution in [1.29, 1.82) is 5.26 Å². The molecule has 0 spiro atoms. The highest BCUT2D eigenvalue weighted by Gasteiger charge is 2.39. The molecule has 2 aliphatic rings. The van der Waals surface area contributed by atoms with Gasteiger partial charge in [0.05, 0.1) is 47.7 Å². The van der Waals surface area contributed by atoms with E-state index in [9.17, 15) is 22.8 Å². The molecule has 0 bridgehead atoms. The van der Waals surface area contributed by atoms with E-state index in [-0.39, 0.29) is 22.9 Å². The van der Waals surface area contributed by atoms with E-state index in [1.807, 2.05) is 6.07 Å². The number of rotatable bonds is 3. The van der Waals surface area contributed by atoms with E-state index >= 15 is 0 Å². The molecule has 1 atom stereocenters. The van der Waals surface area contributed by atoms with Crippen LogP contribution < -0.4 is 10.2 Å². The molecule has 0 radical (unpaired) electrons. The average Bonchev–Trinajstić information content (AvgIpc) is 2.83. The molecule has 0 saturated carbocycles. The van der Waals surface area contributed by atoms with Gasteiger partial charge in [-0.2, -0.15) is 18.4 Å². The number of amides is 3. The van der Waals surface area contributed by atoms with Gasteiger partial charge in [-0.15, -0.1) is 0 Å². The molecule has 10 heteroatoms. The van der Waals surface area contributed by atoms with E-state index in [1.54, 1.807) is 36.1 Å². The molecule has 34 heavy (non-hydrogen) atoms. The second-order valence-electron chi connectivity index (χ2n) is 7.90. The Balaban J connectivity index is 1.82. The highest BCUT2D eigenvalue weighted by molar-refractivity contribution is 6.05. The summed E-state index contributed by atoms with van der Waals surface area (Å²) in [5, 5.41) is 11.8. The number of carbonyl (C=O) groups excluding carboxylic acids is 2. The van der Waals surface area contributed by atoms with E-state index in [0.717, 1.165) is 17.0 Å². The first-order valence-electron chi connectivity index (χ1n) is 10.6. The fourth-order valence-corrected chi connectivity index (χ4v) is 4.09. The third kappa shape index (κ3) is 4.47. The lowest BCUT2D eigenvalue weighted by Gasteiger charge is -2.38. The largest absolute Gasteiger partial charge is 0.416 e. The Labute approximate surface area is 194 Å². The minimum Gasteiger partial charge on any atom is -0.378 e. The number of allylic oxidation sites excluding steroid dienone is 1. The monoisotopic (exact) mass is 470 g/mol. The van der Waals surface area contributed by atoms with E-state index in [1.165, 1.54) is 12.1 Å². The minimum atomic E-state index is -4.59. The molecule has 7 nitrogen and oxygen atoms in total. The zero-order chi connectivity index (χ0) is 24.5. The summed E-state index contributed by atoms with van der Waals surface area (Å²) >= 11 is 0. The molecule has 0 aliphatic carbocycles. The summed E-state index contributed by atoms with van der Waals surface area (Å²) in [5.74, 6) is -0.341. The second-order valence-corrected chi connectivity index (χ2v) is 7.90. The van der Waals surface area contributed by atoms with Gasteiger partial charge < -0.3 is 15.0 Å². The topological polar surface area (TPSA) is 85.7 Å². The van der Waals surface area contributed by atoms with Crippen LogP contribution in [0.1, 0.15) is 29.7 Å². The molecule has 1 saturated heterocycles. The van der Waals surface area contributed by atoms with Gasteiger partial charge in [0.1, 0.15) is 0 Å². The Morgan fingerprint density at radius 1 is 1.15 bits per heavy atom. The maximum atomic E-state index is 13.6. The molecule has 2 heterocycles. The third-order valence-corrected chi connectivity index (χ3v) is 5.82. The summed E-state index contributed by atoms with van der Waals surface area (Å²) in [5.41, 5.74) is 0.555. The summed E-state index contributed by atoms with van der Waals surface area (Å²) in [4.78, 5) is 29.4. The standard InChI is InChI=1S/C24H21F3N4O3/c1-15-20(22(32)30-9-11-34-12-10-30)21(17-7-5-16(14-28)6-8-17)29-23(33)31(15)19-4-2-3-18(13-19)24(25,26)27/h2-8,13,21H,9-12H2,1H3,(H,29,33). The van der Waals surface area contributed by atoms with Gasteiger partial charge in [-0.05, 0) is 42.8 Å². The number of hydrogen-bond donors (Lipinski definition) is 1. The lowest BCUT2D eigenvalue weighted by molar-refractivity contribution is -0.137. The van der Waals surface area contributed by atoms with Crippen molar-refractivity contribution in [2.24, 2.45) is 0 Å². The molecule has 2 aromatic carbocycles. The van der Waals surface area contributed by atoms with E-state index in [2.05, 4.69) is 5.32 Å². The van der Waals surface area contributed by atoms with Crippen LogP contribution in [0.5, 0.6) is 0 Å². The van der Waals surface area contributed by atoms with Crippen molar-refractivity contribution in [3.8, 4) is 6.07 Å². The number of carbonyl (C=O) groups is 2. The molecule has 0 aromatic heterocycles. The predicted octanol–water partition coefficient (Wildman–Crippen LogP) is 3.98. The molecule has 176 valence electrons. The minimum absolute atomic E-state index is 0.00428. The summed E-state index contributed by atoms with van der Waals surface area (Å²) < 4.78 is 45.2. The van der Waals surface area contributed by atoms with Crippen molar-refractivity contribution in [3.63, 3.8) is 0 Å². The lowest BCUT2D eigenvalue weighted by atomic mass is 9.92. The number of anilines is 1. The summed E-state index contributed by atoms with van der Waals surface area (Å²) in [6, 6.07) is 11.4. The molecule has 1 N–H and O–H groups in total. The number of nitrogens with one attached hydrogen (secondary N) is 1. The predicted molar refractivity (Wildman–Crippen MR) is 116 cm³/mol. The van der Waals surface area contributed by atoms with Crippen molar-refractivity contribution < 1.29 is 27.5 Å². The van der Waals surface area contributed by atoms with E-state index in [4.69, 9.17) is 10.00 Å². The van der Waals surface area contributed by atoms with Crippen molar-refractivity contribution in [2.45, 2.75) is 19.1 Å². The van der Waals surface area contributed by atoms with Crippen LogP contribution in [0.4, 0.5) is 23.7 Å². The Morgan fingerprint density at radius 2 is 1.82 bits per heavy atom. The van der Waals surface area contributed by atoms with Gasteiger partial charge in [0.25, 0.3) is 5.91 Å². The van der Waals surface area contributed by atoms with Crippen LogP contribution in [0, 0.1) is 11.3 Å². The average molecular weight is 470 g/mol. The maximum Gasteiger partial charge on any atom is 0.416 e. The van der Waals surface area contributed by atoms with Crippen LogP contribution in [0.15, 0.2) is 59.8 Å². The first-order chi connectivity index (χ1) is 16.2. The number of nitrogens with zero attached hydrogens (tertiary/aromatic N) is 3. The maximum absolute atomic E-state index is 13.6. The van der Waals surface area contributed by atoms with Crippen molar-refractivity contribution in [3.05, 3.63) is 76.5 Å². The molecular formula is C24H21F3N4O3. The quantitative estimate of drug-likeness (QED) is 0.736. The smallest absolute Gasteiger partial charge is 0.378 e. The molecular weight excluding hydrogens is 449 g/mol. The van der Waals surface area contributed by atoms with Gasteiger partial charge in [-0.25, -0.2) is 4.79 Å². The number of alkyl halides is 3. The number of hydrogen-bond acceptors (Lipinski definition) is 4. The van der Waals surface area contributed by atoms with Crippen LogP contribution in [0.2, 0.25) is 0 Å². The number of benzene rings is 2. The number of urea groups is 1. The van der Waals surface area contributed by atoms with E-state index in [0.29, 0.717) is 37.4 Å². The van der Waals surface area contributed by atoms with Crippen molar-refractivity contribution >= 4 is 17.6 Å². The van der Waals surface area contributed by atoms with Crippen molar-refractivity contribution in [1.82, 2.24) is 10.2 Å². The zero-order valence-corrected chi connectivity index (χ0v) is 18.2. The SMILES string of the molecule is CC1=C(C(=O)N2CCOCC2)C(c2ccc(C#N)cc2)NC(=O)N1c1cccc(C(F)(F)F)c1. The second kappa shape index (κ2) is 9.19. The molecule has 3 amide bonds. The summed E-state index contributed by atoms with van der Waals surface area (Å²) in [6.07, 6.45) is -4.59. The molecule has 4 rings (SSSR count). The van der Waals surface area contributed by atoms with Gasteiger partial charge in [0.15, 0.2) is 0 Å². The number of halogens is 3. The Kier molecular flexibility index (Phi) is 6.30. The first kappa shape index (κ1) is 23.3. The third-order valence-electron chi connectivity index (χ3n) is 5.82. The van der Waals surface area contributed by atoms with Crippen LogP contribution in [0.25, 0.3) is 0 Å². The van der Waals surface area contributed by atoms with Crippen LogP contribution in [-0.2, 0) is 15.7 Å². The Morgan fingerprint density at radius 3 is 2.44 bits per heavy atom. The number of nitriles is 1. The van der Waals surface area contributed by atoms with Crippen molar-refractivity contribution in [2.75, 3.05) is 31.2 Å². The molecule has 2 aliphatic heterocycles. The number of morpholine rings is 1. The normalized spacial score (nSPS) is 19.0. The Hall–Kier alpha value is -3.84. The Bertz CT molecular complexity index is 1180.